The zero-order valence-corrected chi connectivity index (χ0v) is 30.3. The van der Waals surface area contributed by atoms with E-state index in [0.717, 1.165) is 72.6 Å². The first-order valence-corrected chi connectivity index (χ1v) is 18.9. The second-order valence-corrected chi connectivity index (χ2v) is 14.1. The van der Waals surface area contributed by atoms with E-state index in [2.05, 4.69) is 185 Å². The molecule has 0 amide bonds. The van der Waals surface area contributed by atoms with Crippen molar-refractivity contribution in [3.63, 3.8) is 0 Å². The molecule has 11 rings (SSSR count). The Morgan fingerprint density at radius 1 is 0.357 bits per heavy atom. The lowest BCUT2D eigenvalue weighted by Gasteiger charge is -2.12. The first-order valence-electron chi connectivity index (χ1n) is 18.9. The minimum absolute atomic E-state index is 0.685. The lowest BCUT2D eigenvalue weighted by atomic mass is 9.98. The maximum absolute atomic E-state index is 5.14. The molecule has 0 saturated carbocycles. The number of hydrogen-bond acceptors (Lipinski definition) is 3. The van der Waals surface area contributed by atoms with Crippen molar-refractivity contribution in [2.24, 2.45) is 0 Å². The van der Waals surface area contributed by atoms with E-state index < -0.39 is 0 Å². The van der Waals surface area contributed by atoms with E-state index in [1.807, 2.05) is 24.4 Å². The van der Waals surface area contributed by atoms with Crippen molar-refractivity contribution in [3.8, 4) is 56.4 Å². The second kappa shape index (κ2) is 13.0. The van der Waals surface area contributed by atoms with Crippen LogP contribution in [0.15, 0.2) is 200 Å². The number of benzene rings is 7. The van der Waals surface area contributed by atoms with Crippen molar-refractivity contribution in [1.29, 1.82) is 0 Å². The van der Waals surface area contributed by atoms with Crippen LogP contribution in [0.25, 0.3) is 100 Å². The third kappa shape index (κ3) is 5.21. The molecule has 0 aliphatic heterocycles. The first-order chi connectivity index (χ1) is 27.8. The van der Waals surface area contributed by atoms with E-state index in [4.69, 9.17) is 15.0 Å². The van der Waals surface area contributed by atoms with Gasteiger partial charge in [-0.2, -0.15) is 0 Å². The summed E-state index contributed by atoms with van der Waals surface area (Å²) in [6.07, 6.45) is 1.88. The Morgan fingerprint density at radius 2 is 0.982 bits per heavy atom. The SMILES string of the molecule is c1ccc(-c2cc(-c3ccccc3)nc(-c3cccc(-n4c5ccccc5c5c(-c6ccc7c8cccnc8n(-c8ccccc8)c7c6)cccc54)c3)n2)cc1. The molecule has 0 saturated heterocycles. The normalized spacial score (nSPS) is 11.6. The molecule has 0 aliphatic rings. The van der Waals surface area contributed by atoms with Crippen LogP contribution in [0.2, 0.25) is 0 Å². The first kappa shape index (κ1) is 31.9. The molecule has 5 heteroatoms. The van der Waals surface area contributed by atoms with Crippen molar-refractivity contribution in [2.45, 2.75) is 0 Å². The second-order valence-electron chi connectivity index (χ2n) is 14.1. The molecule has 4 aromatic heterocycles. The van der Waals surface area contributed by atoms with Crippen LogP contribution >= 0.6 is 0 Å². The van der Waals surface area contributed by atoms with Crippen molar-refractivity contribution in [1.82, 2.24) is 24.1 Å². The van der Waals surface area contributed by atoms with E-state index >= 15 is 0 Å². The predicted molar refractivity (Wildman–Crippen MR) is 230 cm³/mol. The Hall–Kier alpha value is -7.63. The average molecular weight is 716 g/mol. The lowest BCUT2D eigenvalue weighted by Crippen LogP contribution is -1.98. The van der Waals surface area contributed by atoms with Crippen molar-refractivity contribution >= 4 is 43.7 Å². The van der Waals surface area contributed by atoms with Crippen molar-refractivity contribution in [3.05, 3.63) is 200 Å². The highest BCUT2D eigenvalue weighted by Gasteiger charge is 2.19. The fraction of sp³-hybridized carbons (Fsp3) is 0. The van der Waals surface area contributed by atoms with E-state index in [1.54, 1.807) is 0 Å². The summed E-state index contributed by atoms with van der Waals surface area (Å²) in [5.74, 6) is 0.685. The summed E-state index contributed by atoms with van der Waals surface area (Å²) in [5, 5.41) is 4.73. The Balaban J connectivity index is 1.10. The van der Waals surface area contributed by atoms with Gasteiger partial charge in [-0.3, -0.25) is 4.57 Å². The number of nitrogens with zero attached hydrogens (tertiary/aromatic N) is 5. The fourth-order valence-corrected chi connectivity index (χ4v) is 8.26. The van der Waals surface area contributed by atoms with Gasteiger partial charge in [-0.25, -0.2) is 15.0 Å². The maximum atomic E-state index is 5.14. The third-order valence-corrected chi connectivity index (χ3v) is 10.8. The standard InChI is InChI=1S/C51H33N5/c1-4-15-34(16-5-1)44-33-45(35-17-6-2-7-18-35)54-50(53-44)37-19-12-22-39(31-37)55-46-26-11-10-23-43(46)49-40(24-13-27-47(49)55)36-28-29-41-42-25-14-30-52-51(42)56(48(41)32-36)38-20-8-3-9-21-38/h1-33H. The van der Waals surface area contributed by atoms with Crippen LogP contribution in [0.4, 0.5) is 0 Å². The molecule has 4 heterocycles. The summed E-state index contributed by atoms with van der Waals surface area (Å²) in [7, 11) is 0. The molecule has 0 atom stereocenters. The molecule has 262 valence electrons. The third-order valence-electron chi connectivity index (χ3n) is 10.8. The van der Waals surface area contributed by atoms with Crippen molar-refractivity contribution < 1.29 is 0 Å². The molecule has 0 bridgehead atoms. The molecule has 0 radical (unpaired) electrons. The Kier molecular flexibility index (Phi) is 7.42. The summed E-state index contributed by atoms with van der Waals surface area (Å²) in [6.45, 7) is 0. The van der Waals surface area contributed by atoms with Crippen LogP contribution < -0.4 is 0 Å². The van der Waals surface area contributed by atoms with Crippen molar-refractivity contribution in [2.75, 3.05) is 0 Å². The van der Waals surface area contributed by atoms with E-state index in [1.165, 1.54) is 21.7 Å². The topological polar surface area (TPSA) is 48.5 Å². The molecular formula is C51H33N5. The summed E-state index contributed by atoms with van der Waals surface area (Å²) in [5.41, 5.74) is 13.7. The Morgan fingerprint density at radius 3 is 1.75 bits per heavy atom. The molecule has 11 aromatic rings. The zero-order chi connectivity index (χ0) is 37.0. The highest BCUT2D eigenvalue weighted by atomic mass is 15.0. The summed E-state index contributed by atoms with van der Waals surface area (Å²) >= 11 is 0. The molecule has 0 spiro atoms. The number of fused-ring (bicyclic) bond motifs is 6. The lowest BCUT2D eigenvalue weighted by molar-refractivity contribution is 1.14. The Bertz CT molecular complexity index is 3180. The molecule has 0 fully saturated rings. The van der Waals surface area contributed by atoms with E-state index in [-0.39, 0.29) is 0 Å². The van der Waals surface area contributed by atoms with E-state index in [9.17, 15) is 0 Å². The van der Waals surface area contributed by atoms with Crippen LogP contribution in [-0.2, 0) is 0 Å². The smallest absolute Gasteiger partial charge is 0.160 e. The van der Waals surface area contributed by atoms with E-state index in [0.29, 0.717) is 5.82 Å². The van der Waals surface area contributed by atoms with Crippen LogP contribution in [0.1, 0.15) is 0 Å². The summed E-state index contributed by atoms with van der Waals surface area (Å²) in [6, 6.07) is 68.3. The van der Waals surface area contributed by atoms with Gasteiger partial charge >= 0.3 is 0 Å². The Labute approximate surface area is 323 Å². The van der Waals surface area contributed by atoms with Crippen LogP contribution in [0, 0.1) is 0 Å². The van der Waals surface area contributed by atoms with Gasteiger partial charge < -0.3 is 4.57 Å². The summed E-state index contributed by atoms with van der Waals surface area (Å²) in [4.78, 5) is 15.1. The fourth-order valence-electron chi connectivity index (χ4n) is 8.26. The molecular weight excluding hydrogens is 683 g/mol. The predicted octanol–water partition coefficient (Wildman–Crippen LogP) is 12.7. The summed E-state index contributed by atoms with van der Waals surface area (Å²) < 4.78 is 4.65. The average Bonchev–Trinajstić information content (AvgIpc) is 3.80. The number of para-hydroxylation sites is 2. The largest absolute Gasteiger partial charge is 0.309 e. The van der Waals surface area contributed by atoms with Gasteiger partial charge in [0.05, 0.1) is 27.9 Å². The number of hydrogen-bond donors (Lipinski definition) is 0. The highest BCUT2D eigenvalue weighted by molar-refractivity contribution is 6.17. The van der Waals surface area contributed by atoms with Gasteiger partial charge in [0.25, 0.3) is 0 Å². The van der Waals surface area contributed by atoms with Gasteiger partial charge in [0.1, 0.15) is 5.65 Å². The molecule has 0 aliphatic carbocycles. The van der Waals surface area contributed by atoms with Crippen LogP contribution in [-0.4, -0.2) is 24.1 Å². The quantitative estimate of drug-likeness (QED) is 0.172. The zero-order valence-electron chi connectivity index (χ0n) is 30.3. The molecule has 56 heavy (non-hydrogen) atoms. The maximum Gasteiger partial charge on any atom is 0.160 e. The molecule has 5 nitrogen and oxygen atoms in total. The van der Waals surface area contributed by atoms with Gasteiger partial charge in [-0.1, -0.05) is 133 Å². The van der Waals surface area contributed by atoms with Crippen LogP contribution in [0.5, 0.6) is 0 Å². The molecule has 7 aromatic carbocycles. The van der Waals surface area contributed by atoms with Gasteiger partial charge in [0, 0.05) is 55.8 Å². The molecule has 0 unspecified atom stereocenters. The number of aromatic nitrogens is 5. The number of rotatable bonds is 6. The monoisotopic (exact) mass is 715 g/mol. The number of pyridine rings is 1. The van der Waals surface area contributed by atoms with Gasteiger partial charge in [-0.05, 0) is 71.8 Å². The van der Waals surface area contributed by atoms with Gasteiger partial charge in [0.2, 0.25) is 0 Å². The highest BCUT2D eigenvalue weighted by Crippen LogP contribution is 2.41. The van der Waals surface area contributed by atoms with Crippen LogP contribution in [0.3, 0.4) is 0 Å². The minimum atomic E-state index is 0.685. The molecule has 0 N–H and O–H groups in total. The minimum Gasteiger partial charge on any atom is -0.309 e. The van der Waals surface area contributed by atoms with Gasteiger partial charge in [-0.15, -0.1) is 0 Å². The van der Waals surface area contributed by atoms with Gasteiger partial charge in [0.15, 0.2) is 5.82 Å².